The average molecular weight is 327 g/mol. The molecule has 0 radical (unpaired) electrons. The van der Waals surface area contributed by atoms with Gasteiger partial charge in [0.15, 0.2) is 0 Å². The number of nitrogens with zero attached hydrogens (tertiary/aromatic N) is 1. The molecule has 3 nitrogen and oxygen atoms in total. The largest absolute Gasteiger partial charge is 0.388 e. The molecule has 0 bridgehead atoms. The molecule has 1 aromatic heterocycles. The summed E-state index contributed by atoms with van der Waals surface area (Å²) in [6.07, 6.45) is 4.77. The number of amides is 1. The minimum absolute atomic E-state index is 0.0612. The van der Waals surface area contributed by atoms with Crippen LogP contribution >= 0.6 is 11.3 Å². The standard InChI is InChI=1S/C19H21NO2S/c21-18(9-8-17-7-4-14-23-17)20-12-10-16(11-13-20)19(22)15-5-2-1-3-6-15/h1-9,14,16,19,22H,10-13H2. The number of rotatable bonds is 4. The van der Waals surface area contributed by atoms with Crippen molar-refractivity contribution in [3.63, 3.8) is 0 Å². The monoisotopic (exact) mass is 327 g/mol. The summed E-state index contributed by atoms with van der Waals surface area (Å²) in [5.41, 5.74) is 0.967. The molecular formula is C19H21NO2S. The van der Waals surface area contributed by atoms with Crippen molar-refractivity contribution >= 4 is 23.3 Å². The number of hydrogen-bond acceptors (Lipinski definition) is 3. The van der Waals surface area contributed by atoms with Gasteiger partial charge >= 0.3 is 0 Å². The van der Waals surface area contributed by atoms with Gasteiger partial charge in [-0.3, -0.25) is 4.79 Å². The van der Waals surface area contributed by atoms with Crippen LogP contribution in [0.15, 0.2) is 53.9 Å². The highest BCUT2D eigenvalue weighted by molar-refractivity contribution is 7.10. The van der Waals surface area contributed by atoms with Gasteiger partial charge in [-0.05, 0) is 41.8 Å². The third-order valence-electron chi connectivity index (χ3n) is 4.37. The summed E-state index contributed by atoms with van der Waals surface area (Å²) in [5, 5.41) is 12.5. The Kier molecular flexibility index (Phi) is 5.26. The Hall–Kier alpha value is -1.91. The van der Waals surface area contributed by atoms with Crippen LogP contribution in [0, 0.1) is 5.92 Å². The van der Waals surface area contributed by atoms with Gasteiger partial charge in [-0.25, -0.2) is 0 Å². The fraction of sp³-hybridized carbons (Fsp3) is 0.316. The first-order valence-electron chi connectivity index (χ1n) is 7.97. The van der Waals surface area contributed by atoms with Crippen LogP contribution in [-0.4, -0.2) is 29.0 Å². The molecule has 1 aromatic carbocycles. The van der Waals surface area contributed by atoms with Crippen molar-refractivity contribution in [1.29, 1.82) is 0 Å². The second-order valence-corrected chi connectivity index (χ2v) is 6.85. The van der Waals surface area contributed by atoms with Gasteiger partial charge < -0.3 is 10.0 Å². The number of carbonyl (C=O) groups excluding carboxylic acids is 1. The van der Waals surface area contributed by atoms with E-state index in [0.29, 0.717) is 13.1 Å². The summed E-state index contributed by atoms with van der Waals surface area (Å²) >= 11 is 1.62. The summed E-state index contributed by atoms with van der Waals surface area (Å²) in [7, 11) is 0. The minimum atomic E-state index is -0.435. The fourth-order valence-electron chi connectivity index (χ4n) is 3.00. The van der Waals surface area contributed by atoms with Gasteiger partial charge in [-0.2, -0.15) is 0 Å². The van der Waals surface area contributed by atoms with Gasteiger partial charge in [0, 0.05) is 24.0 Å². The van der Waals surface area contributed by atoms with Crippen LogP contribution in [0.1, 0.15) is 29.4 Å². The zero-order chi connectivity index (χ0) is 16.1. The van der Waals surface area contributed by atoms with Crippen LogP contribution in [0.4, 0.5) is 0 Å². The van der Waals surface area contributed by atoms with Crippen molar-refractivity contribution in [2.24, 2.45) is 5.92 Å². The van der Waals surface area contributed by atoms with E-state index in [0.717, 1.165) is 23.3 Å². The number of likely N-dealkylation sites (tertiary alicyclic amines) is 1. The third kappa shape index (κ3) is 4.09. The molecule has 1 fully saturated rings. The van der Waals surface area contributed by atoms with Crippen molar-refractivity contribution < 1.29 is 9.90 Å². The first-order chi connectivity index (χ1) is 11.2. The van der Waals surface area contributed by atoms with Gasteiger partial charge in [0.2, 0.25) is 5.91 Å². The molecule has 2 aromatic rings. The number of aliphatic hydroxyl groups is 1. The predicted octanol–water partition coefficient (Wildman–Crippen LogP) is 3.73. The topological polar surface area (TPSA) is 40.5 Å². The molecule has 23 heavy (non-hydrogen) atoms. The molecule has 0 spiro atoms. The van der Waals surface area contributed by atoms with E-state index in [4.69, 9.17) is 0 Å². The van der Waals surface area contributed by atoms with Crippen LogP contribution in [0.3, 0.4) is 0 Å². The highest BCUT2D eigenvalue weighted by Gasteiger charge is 2.27. The number of thiophene rings is 1. The molecule has 1 aliphatic rings. The van der Waals surface area contributed by atoms with Crippen molar-refractivity contribution in [1.82, 2.24) is 4.90 Å². The SMILES string of the molecule is O=C(C=Cc1cccs1)N1CCC(C(O)c2ccccc2)CC1. The van der Waals surface area contributed by atoms with Crippen LogP contribution < -0.4 is 0 Å². The molecule has 3 rings (SSSR count). The second kappa shape index (κ2) is 7.57. The Morgan fingerprint density at radius 1 is 1.17 bits per heavy atom. The number of hydrogen-bond donors (Lipinski definition) is 1. The molecule has 2 heterocycles. The highest BCUT2D eigenvalue weighted by Crippen LogP contribution is 2.30. The van der Waals surface area contributed by atoms with E-state index in [1.165, 1.54) is 0 Å². The van der Waals surface area contributed by atoms with Crippen molar-refractivity contribution in [2.75, 3.05) is 13.1 Å². The number of benzene rings is 1. The highest BCUT2D eigenvalue weighted by atomic mass is 32.1. The summed E-state index contributed by atoms with van der Waals surface area (Å²) in [4.78, 5) is 15.2. The van der Waals surface area contributed by atoms with Crippen molar-refractivity contribution in [3.05, 3.63) is 64.4 Å². The summed E-state index contributed by atoms with van der Waals surface area (Å²) in [5.74, 6) is 0.286. The van der Waals surface area contributed by atoms with E-state index in [9.17, 15) is 9.90 Å². The van der Waals surface area contributed by atoms with E-state index in [-0.39, 0.29) is 11.8 Å². The van der Waals surface area contributed by atoms with E-state index in [1.807, 2.05) is 58.8 Å². The van der Waals surface area contributed by atoms with Gasteiger partial charge in [0.05, 0.1) is 6.10 Å². The number of piperidine rings is 1. The first kappa shape index (κ1) is 16.0. The lowest BCUT2D eigenvalue weighted by Gasteiger charge is -2.33. The maximum Gasteiger partial charge on any atom is 0.246 e. The number of carbonyl (C=O) groups is 1. The number of aliphatic hydroxyl groups excluding tert-OH is 1. The maximum absolute atomic E-state index is 12.2. The lowest BCUT2D eigenvalue weighted by molar-refractivity contribution is -0.127. The summed E-state index contributed by atoms with van der Waals surface area (Å²) in [6, 6.07) is 13.8. The van der Waals surface area contributed by atoms with Crippen molar-refractivity contribution in [3.8, 4) is 0 Å². The van der Waals surface area contributed by atoms with Crippen LogP contribution in [0.2, 0.25) is 0 Å². The smallest absolute Gasteiger partial charge is 0.246 e. The van der Waals surface area contributed by atoms with Crippen LogP contribution in [0.25, 0.3) is 6.08 Å². The molecule has 0 aliphatic carbocycles. The molecule has 1 saturated heterocycles. The van der Waals surface area contributed by atoms with Crippen LogP contribution in [0.5, 0.6) is 0 Å². The van der Waals surface area contributed by atoms with E-state index in [1.54, 1.807) is 17.4 Å². The summed E-state index contributed by atoms with van der Waals surface area (Å²) < 4.78 is 0. The molecule has 1 amide bonds. The molecule has 4 heteroatoms. The Morgan fingerprint density at radius 2 is 1.91 bits per heavy atom. The lowest BCUT2D eigenvalue weighted by atomic mass is 9.87. The van der Waals surface area contributed by atoms with Gasteiger partial charge in [-0.1, -0.05) is 36.4 Å². The Bertz CT molecular complexity index is 643. The summed E-state index contributed by atoms with van der Waals surface area (Å²) in [6.45, 7) is 1.42. The molecule has 120 valence electrons. The predicted molar refractivity (Wildman–Crippen MR) is 94.1 cm³/mol. The Labute approximate surface area is 140 Å². The van der Waals surface area contributed by atoms with E-state index in [2.05, 4.69) is 0 Å². The quantitative estimate of drug-likeness (QED) is 0.869. The van der Waals surface area contributed by atoms with E-state index < -0.39 is 6.10 Å². The first-order valence-corrected chi connectivity index (χ1v) is 8.85. The van der Waals surface area contributed by atoms with Gasteiger partial charge in [0.1, 0.15) is 0 Å². The lowest BCUT2D eigenvalue weighted by Crippen LogP contribution is -2.38. The van der Waals surface area contributed by atoms with Crippen LogP contribution in [-0.2, 0) is 4.79 Å². The second-order valence-electron chi connectivity index (χ2n) is 5.87. The minimum Gasteiger partial charge on any atom is -0.388 e. The average Bonchev–Trinajstić information content (AvgIpc) is 3.13. The zero-order valence-electron chi connectivity index (χ0n) is 13.0. The molecule has 1 aliphatic heterocycles. The molecular weight excluding hydrogens is 306 g/mol. The maximum atomic E-state index is 12.2. The zero-order valence-corrected chi connectivity index (χ0v) is 13.8. The van der Waals surface area contributed by atoms with Gasteiger partial charge in [0.25, 0.3) is 0 Å². The van der Waals surface area contributed by atoms with Crippen molar-refractivity contribution in [2.45, 2.75) is 18.9 Å². The Morgan fingerprint density at radius 3 is 2.57 bits per heavy atom. The third-order valence-corrected chi connectivity index (χ3v) is 5.21. The molecule has 1 atom stereocenters. The normalized spacial score (nSPS) is 17.5. The molecule has 0 saturated carbocycles. The van der Waals surface area contributed by atoms with E-state index >= 15 is 0 Å². The fourth-order valence-corrected chi connectivity index (χ4v) is 3.62. The Balaban J connectivity index is 1.53. The van der Waals surface area contributed by atoms with Gasteiger partial charge in [-0.15, -0.1) is 11.3 Å². The molecule has 1 unspecified atom stereocenters. The molecule has 1 N–H and O–H groups in total.